The molecule has 2 heterocycles. The van der Waals surface area contributed by atoms with E-state index in [0.717, 1.165) is 41.4 Å². The van der Waals surface area contributed by atoms with Crippen LogP contribution in [0.1, 0.15) is 18.9 Å². The van der Waals surface area contributed by atoms with Crippen molar-refractivity contribution in [2.24, 2.45) is 0 Å². The molecule has 0 spiro atoms. The fourth-order valence-electron chi connectivity index (χ4n) is 1.82. The Hall–Kier alpha value is -2.17. The van der Waals surface area contributed by atoms with Gasteiger partial charge in [-0.1, -0.05) is 6.92 Å². The van der Waals surface area contributed by atoms with Crippen LogP contribution < -0.4 is 10.1 Å². The van der Waals surface area contributed by atoms with Gasteiger partial charge in [-0.05, 0) is 19.4 Å². The zero-order valence-electron chi connectivity index (χ0n) is 11.5. The summed E-state index contributed by atoms with van der Waals surface area (Å²) in [6.45, 7) is 5.02. The van der Waals surface area contributed by atoms with Crippen molar-refractivity contribution in [1.29, 1.82) is 0 Å². The summed E-state index contributed by atoms with van der Waals surface area (Å²) in [5, 5.41) is 3.30. The van der Waals surface area contributed by atoms with Gasteiger partial charge in [0.25, 0.3) is 0 Å². The van der Waals surface area contributed by atoms with Crippen molar-refractivity contribution in [3.63, 3.8) is 0 Å². The molecule has 0 amide bonds. The summed E-state index contributed by atoms with van der Waals surface area (Å²) in [6, 6.07) is 1.92. The Morgan fingerprint density at radius 1 is 1.26 bits per heavy atom. The highest BCUT2D eigenvalue weighted by molar-refractivity contribution is 5.68. The van der Waals surface area contributed by atoms with Crippen molar-refractivity contribution >= 4 is 5.82 Å². The molecule has 5 nitrogen and oxygen atoms in total. The van der Waals surface area contributed by atoms with E-state index < -0.39 is 0 Å². The van der Waals surface area contributed by atoms with Crippen LogP contribution in [0.2, 0.25) is 0 Å². The highest BCUT2D eigenvalue weighted by Gasteiger charge is 2.09. The van der Waals surface area contributed by atoms with Crippen molar-refractivity contribution in [1.82, 2.24) is 15.0 Å². The Labute approximate surface area is 113 Å². The van der Waals surface area contributed by atoms with E-state index in [1.54, 1.807) is 25.8 Å². The second-order valence-electron chi connectivity index (χ2n) is 4.24. The zero-order valence-corrected chi connectivity index (χ0v) is 11.5. The van der Waals surface area contributed by atoms with Crippen molar-refractivity contribution < 1.29 is 4.74 Å². The number of ether oxygens (including phenoxy) is 1. The molecule has 0 saturated heterocycles. The first kappa shape index (κ1) is 13.3. The number of methoxy groups -OCH3 is 1. The van der Waals surface area contributed by atoms with E-state index in [4.69, 9.17) is 4.74 Å². The molecule has 0 aliphatic heterocycles. The van der Waals surface area contributed by atoms with Gasteiger partial charge in [0, 0.05) is 23.9 Å². The predicted octanol–water partition coefficient (Wildman–Crippen LogP) is 2.68. The first-order valence-electron chi connectivity index (χ1n) is 6.31. The fraction of sp³-hybridized carbons (Fsp3) is 0.357. The average molecular weight is 258 g/mol. The summed E-state index contributed by atoms with van der Waals surface area (Å²) in [7, 11) is 1.63. The zero-order chi connectivity index (χ0) is 13.7. The number of hydrogen-bond acceptors (Lipinski definition) is 5. The molecule has 2 aromatic rings. The average Bonchev–Trinajstić information content (AvgIpc) is 2.46. The van der Waals surface area contributed by atoms with Crippen LogP contribution in [0.15, 0.2) is 24.8 Å². The number of nitrogens with one attached hydrogen (secondary N) is 1. The molecule has 0 atom stereocenters. The molecule has 0 aliphatic rings. The van der Waals surface area contributed by atoms with E-state index in [1.807, 2.05) is 13.0 Å². The van der Waals surface area contributed by atoms with Gasteiger partial charge >= 0.3 is 0 Å². The number of aromatic nitrogens is 3. The molecule has 0 aromatic carbocycles. The summed E-state index contributed by atoms with van der Waals surface area (Å²) >= 11 is 0. The first-order chi connectivity index (χ1) is 9.26. The van der Waals surface area contributed by atoms with Gasteiger partial charge in [-0.2, -0.15) is 0 Å². The second kappa shape index (κ2) is 6.13. The van der Waals surface area contributed by atoms with Gasteiger partial charge in [-0.15, -0.1) is 0 Å². The smallest absolute Gasteiger partial charge is 0.137 e. The third-order valence-corrected chi connectivity index (χ3v) is 2.85. The van der Waals surface area contributed by atoms with Crippen LogP contribution in [-0.4, -0.2) is 28.6 Å². The van der Waals surface area contributed by atoms with E-state index in [2.05, 4.69) is 27.2 Å². The molecule has 0 bridgehead atoms. The molecule has 19 heavy (non-hydrogen) atoms. The predicted molar refractivity (Wildman–Crippen MR) is 75.3 cm³/mol. The van der Waals surface area contributed by atoms with Gasteiger partial charge in [0.2, 0.25) is 0 Å². The summed E-state index contributed by atoms with van der Waals surface area (Å²) in [5.74, 6) is 1.59. The third kappa shape index (κ3) is 2.99. The topological polar surface area (TPSA) is 59.9 Å². The molecule has 2 aromatic heterocycles. The van der Waals surface area contributed by atoms with Crippen molar-refractivity contribution in [3.05, 3.63) is 30.4 Å². The standard InChI is InChI=1S/C14H18N4O/c1-4-5-16-14-10(2)13(17-9-18-14)11-6-12(19-3)8-15-7-11/h6-9H,4-5H2,1-3H3,(H,16,17,18). The summed E-state index contributed by atoms with van der Waals surface area (Å²) < 4.78 is 5.19. The number of hydrogen-bond donors (Lipinski definition) is 1. The molecule has 2 rings (SSSR count). The van der Waals surface area contributed by atoms with Crippen LogP contribution in [0, 0.1) is 6.92 Å². The Kier molecular flexibility index (Phi) is 4.28. The lowest BCUT2D eigenvalue weighted by molar-refractivity contribution is 0.413. The van der Waals surface area contributed by atoms with Crippen LogP contribution in [0.25, 0.3) is 11.3 Å². The lowest BCUT2D eigenvalue weighted by atomic mass is 10.1. The molecular weight excluding hydrogens is 240 g/mol. The van der Waals surface area contributed by atoms with Gasteiger partial charge < -0.3 is 10.1 Å². The Morgan fingerprint density at radius 3 is 2.84 bits per heavy atom. The highest BCUT2D eigenvalue weighted by Crippen LogP contribution is 2.26. The molecule has 5 heteroatoms. The van der Waals surface area contributed by atoms with Crippen molar-refractivity contribution in [3.8, 4) is 17.0 Å². The lowest BCUT2D eigenvalue weighted by Crippen LogP contribution is -2.05. The molecule has 0 radical (unpaired) electrons. The van der Waals surface area contributed by atoms with Crippen molar-refractivity contribution in [2.75, 3.05) is 19.0 Å². The second-order valence-corrected chi connectivity index (χ2v) is 4.24. The largest absolute Gasteiger partial charge is 0.495 e. The van der Waals surface area contributed by atoms with E-state index in [0.29, 0.717) is 0 Å². The van der Waals surface area contributed by atoms with Crippen LogP contribution in [0.5, 0.6) is 5.75 Å². The molecule has 1 N–H and O–H groups in total. The van der Waals surface area contributed by atoms with Crippen LogP contribution >= 0.6 is 0 Å². The Balaban J connectivity index is 2.38. The van der Waals surface area contributed by atoms with Gasteiger partial charge in [0.15, 0.2) is 0 Å². The van der Waals surface area contributed by atoms with E-state index >= 15 is 0 Å². The normalized spacial score (nSPS) is 10.3. The fourth-order valence-corrected chi connectivity index (χ4v) is 1.82. The first-order valence-corrected chi connectivity index (χ1v) is 6.31. The van der Waals surface area contributed by atoms with Gasteiger partial charge in [0.05, 0.1) is 19.0 Å². The number of pyridine rings is 1. The number of nitrogens with zero attached hydrogens (tertiary/aromatic N) is 3. The number of rotatable bonds is 5. The molecule has 100 valence electrons. The summed E-state index contributed by atoms with van der Waals surface area (Å²) in [4.78, 5) is 12.8. The molecule has 0 unspecified atom stereocenters. The van der Waals surface area contributed by atoms with Crippen LogP contribution in [-0.2, 0) is 0 Å². The van der Waals surface area contributed by atoms with E-state index in [1.165, 1.54) is 0 Å². The maximum atomic E-state index is 5.19. The summed E-state index contributed by atoms with van der Waals surface area (Å²) in [6.07, 6.45) is 6.08. The highest BCUT2D eigenvalue weighted by atomic mass is 16.5. The minimum atomic E-state index is 0.721. The third-order valence-electron chi connectivity index (χ3n) is 2.85. The SMILES string of the molecule is CCCNc1ncnc(-c2cncc(OC)c2)c1C. The molecule has 0 aliphatic carbocycles. The number of anilines is 1. The maximum Gasteiger partial charge on any atom is 0.137 e. The minimum Gasteiger partial charge on any atom is -0.495 e. The lowest BCUT2D eigenvalue weighted by Gasteiger charge is -2.11. The quantitative estimate of drug-likeness (QED) is 0.893. The van der Waals surface area contributed by atoms with Gasteiger partial charge in [-0.25, -0.2) is 9.97 Å². The molecule has 0 saturated carbocycles. The molecular formula is C14H18N4O. The van der Waals surface area contributed by atoms with Crippen LogP contribution in [0.3, 0.4) is 0 Å². The maximum absolute atomic E-state index is 5.19. The summed E-state index contributed by atoms with van der Waals surface area (Å²) in [5.41, 5.74) is 2.82. The van der Waals surface area contributed by atoms with E-state index in [9.17, 15) is 0 Å². The van der Waals surface area contributed by atoms with E-state index in [-0.39, 0.29) is 0 Å². The Morgan fingerprint density at radius 2 is 2.11 bits per heavy atom. The monoisotopic (exact) mass is 258 g/mol. The van der Waals surface area contributed by atoms with Gasteiger partial charge in [0.1, 0.15) is 17.9 Å². The van der Waals surface area contributed by atoms with Crippen LogP contribution in [0.4, 0.5) is 5.82 Å². The Bertz CT molecular complexity index is 557. The van der Waals surface area contributed by atoms with Crippen molar-refractivity contribution in [2.45, 2.75) is 20.3 Å². The van der Waals surface area contributed by atoms with Gasteiger partial charge in [-0.3, -0.25) is 4.98 Å². The molecule has 0 fully saturated rings. The minimum absolute atomic E-state index is 0.721.